The minimum atomic E-state index is -0.172. The average molecular weight is 937 g/mol. The number of carbonyl (C=O) groups is 2. The summed E-state index contributed by atoms with van der Waals surface area (Å²) in [6.45, 7) is 12.5. The molecule has 9 aliphatic rings. The number of carbonyl (C=O) groups excluding carboxylic acids is 2. The Balaban J connectivity index is 0.891. The maximum Gasteiger partial charge on any atom is 0.198 e. The summed E-state index contributed by atoms with van der Waals surface area (Å²) in [7, 11) is 0. The third kappa shape index (κ3) is 9.00. The monoisotopic (exact) mass is 937 g/mol. The van der Waals surface area contributed by atoms with Gasteiger partial charge in [-0.05, 0) is 127 Å². The maximum atomic E-state index is 15.7. The predicted octanol–water partition coefficient (Wildman–Crippen LogP) is 8.08. The van der Waals surface area contributed by atoms with E-state index >= 15 is 9.59 Å². The van der Waals surface area contributed by atoms with Gasteiger partial charge in [0, 0.05) is 101 Å². The van der Waals surface area contributed by atoms with Gasteiger partial charge in [-0.25, -0.2) is 0 Å². The van der Waals surface area contributed by atoms with Crippen molar-refractivity contribution in [3.8, 4) is 0 Å². The summed E-state index contributed by atoms with van der Waals surface area (Å²) < 4.78 is 25.8. The molecule has 68 heavy (non-hydrogen) atoms. The van der Waals surface area contributed by atoms with Gasteiger partial charge in [-0.2, -0.15) is 0 Å². The number of anilines is 4. The summed E-state index contributed by atoms with van der Waals surface area (Å²) in [5.74, 6) is -0.228. The summed E-state index contributed by atoms with van der Waals surface area (Å²) in [6, 6.07) is 8.12. The molecule has 4 heterocycles. The minimum absolute atomic E-state index is 0.114. The lowest BCUT2D eigenvalue weighted by Crippen LogP contribution is -2.48. The highest BCUT2D eigenvalue weighted by atomic mass is 16.5. The molecule has 4 saturated carbocycles. The highest BCUT2D eigenvalue weighted by Crippen LogP contribution is 2.45. The van der Waals surface area contributed by atoms with Gasteiger partial charge < -0.3 is 40.2 Å². The molecule has 14 heteroatoms. The predicted molar refractivity (Wildman–Crippen MR) is 267 cm³/mol. The van der Waals surface area contributed by atoms with E-state index < -0.39 is 0 Å². The van der Waals surface area contributed by atoms with Crippen LogP contribution in [0.5, 0.6) is 0 Å². The van der Waals surface area contributed by atoms with Crippen LogP contribution in [0.4, 0.5) is 22.7 Å². The number of nitrogens with zero attached hydrogens (tertiary/aromatic N) is 4. The van der Waals surface area contributed by atoms with Crippen LogP contribution in [0.15, 0.2) is 24.3 Å². The Morgan fingerprint density at radius 2 is 0.574 bits per heavy atom. The molecular formula is C54H80N8O6. The van der Waals surface area contributed by atoms with Crippen LogP contribution < -0.4 is 21.3 Å². The number of fused-ring (bicyclic) bond motifs is 2. The van der Waals surface area contributed by atoms with Crippen molar-refractivity contribution < 1.29 is 28.5 Å². The van der Waals surface area contributed by atoms with Gasteiger partial charge in [0.05, 0.1) is 48.7 Å². The van der Waals surface area contributed by atoms with Crippen molar-refractivity contribution in [3.05, 3.63) is 46.5 Å². The molecule has 4 N–H and O–H groups in total. The van der Waals surface area contributed by atoms with E-state index in [4.69, 9.17) is 18.9 Å². The van der Waals surface area contributed by atoms with E-state index in [1.807, 2.05) is 24.3 Å². The molecule has 2 aromatic rings. The van der Waals surface area contributed by atoms with Crippen molar-refractivity contribution in [1.29, 1.82) is 0 Å². The molecule has 8 fully saturated rings. The number of ketones is 2. The van der Waals surface area contributed by atoms with Crippen molar-refractivity contribution in [3.63, 3.8) is 0 Å². The zero-order valence-corrected chi connectivity index (χ0v) is 41.0. The van der Waals surface area contributed by atoms with Crippen molar-refractivity contribution >= 4 is 34.3 Å². The fourth-order valence-corrected chi connectivity index (χ4v) is 14.4. The van der Waals surface area contributed by atoms with E-state index in [0.29, 0.717) is 71.2 Å². The first kappa shape index (κ1) is 47.0. The van der Waals surface area contributed by atoms with Crippen molar-refractivity contribution in [2.45, 2.75) is 151 Å². The number of ether oxygens (including phenoxy) is 4. The molecule has 4 saturated heterocycles. The molecule has 11 rings (SSSR count). The largest absolute Gasteiger partial charge is 0.383 e. The normalized spacial score (nSPS) is 25.7. The third-order valence-electron chi connectivity index (χ3n) is 17.9. The van der Waals surface area contributed by atoms with E-state index in [1.54, 1.807) is 0 Å². The first-order valence-electron chi connectivity index (χ1n) is 27.4. The summed E-state index contributed by atoms with van der Waals surface area (Å²) in [5.41, 5.74) is 4.03. The molecule has 4 aliphatic heterocycles. The average Bonchev–Trinajstić information content (AvgIpc) is 4.15. The van der Waals surface area contributed by atoms with E-state index in [-0.39, 0.29) is 34.5 Å². The summed E-state index contributed by atoms with van der Waals surface area (Å²) in [4.78, 5) is 41.4. The summed E-state index contributed by atoms with van der Waals surface area (Å²) in [5, 5.41) is 14.9. The van der Waals surface area contributed by atoms with E-state index in [9.17, 15) is 0 Å². The number of nitrogens with one attached hydrogen (secondary N) is 4. The van der Waals surface area contributed by atoms with Crippen LogP contribution in [-0.4, -0.2) is 159 Å². The number of hydrogen-bond donors (Lipinski definition) is 4. The van der Waals surface area contributed by atoms with Gasteiger partial charge in [-0.1, -0.05) is 25.7 Å². The lowest BCUT2D eigenvalue weighted by Gasteiger charge is -2.40. The second-order valence-corrected chi connectivity index (χ2v) is 21.6. The molecule has 14 nitrogen and oxygen atoms in total. The lowest BCUT2D eigenvalue weighted by atomic mass is 9.80. The van der Waals surface area contributed by atoms with Crippen LogP contribution >= 0.6 is 0 Å². The van der Waals surface area contributed by atoms with Gasteiger partial charge in [0.25, 0.3) is 0 Å². The van der Waals surface area contributed by atoms with E-state index in [2.05, 4.69) is 40.9 Å². The van der Waals surface area contributed by atoms with Crippen LogP contribution in [0.25, 0.3) is 0 Å². The number of rotatable bonds is 16. The van der Waals surface area contributed by atoms with Gasteiger partial charge in [0.2, 0.25) is 0 Å². The maximum absolute atomic E-state index is 15.7. The smallest absolute Gasteiger partial charge is 0.198 e. The molecular weight excluding hydrogens is 857 g/mol. The Morgan fingerprint density at radius 3 is 0.794 bits per heavy atom. The van der Waals surface area contributed by atoms with Gasteiger partial charge in [-0.15, -0.1) is 0 Å². The van der Waals surface area contributed by atoms with Crippen LogP contribution in [0.1, 0.15) is 160 Å². The van der Waals surface area contributed by atoms with E-state index in [0.717, 1.165) is 130 Å². The Kier molecular flexibility index (Phi) is 14.1. The highest BCUT2D eigenvalue weighted by molar-refractivity contribution is 6.35. The lowest BCUT2D eigenvalue weighted by molar-refractivity contribution is -0.105. The molecule has 0 atom stereocenters. The summed E-state index contributed by atoms with van der Waals surface area (Å²) >= 11 is 0. The summed E-state index contributed by atoms with van der Waals surface area (Å²) in [6.07, 6.45) is 23.2. The molecule has 0 aromatic heterocycles. The SMILES string of the molecule is O=C1c2c(NCCN3CCOC34CCCCC4)ccc(NCCN3CCOC34CCCCC4)c2C(=O)c2c(NCCN3CCOC34CCCCC4)ccc(NCCN3CCOC34CCCCC4)c21. The van der Waals surface area contributed by atoms with Crippen molar-refractivity contribution in [2.24, 2.45) is 0 Å². The Labute approximate surface area is 405 Å². The van der Waals surface area contributed by atoms with Gasteiger partial charge in [0.1, 0.15) is 22.9 Å². The van der Waals surface area contributed by atoms with Crippen LogP contribution in [0.3, 0.4) is 0 Å². The second-order valence-electron chi connectivity index (χ2n) is 21.6. The first-order chi connectivity index (χ1) is 33.4. The standard InChI is InChI=1S/C54H80N8O6/c63-49-45-41(55-25-29-59-33-37-65-51(59)17-5-1-6-18-51)13-14-42(56-26-30-60-34-38-66-52(60)19-7-2-8-20-52)46(45)50(64)48-44(58-28-32-62-36-40-68-54(62)23-11-4-12-24-54)16-15-43(47(48)49)57-27-31-61-35-39-67-53(61)21-9-3-10-22-53/h13-16,55-58H,1-12,17-40H2. The first-order valence-corrected chi connectivity index (χ1v) is 27.4. The second kappa shape index (κ2) is 20.4. The van der Waals surface area contributed by atoms with Crippen molar-refractivity contribution in [1.82, 2.24) is 19.6 Å². The van der Waals surface area contributed by atoms with Crippen LogP contribution in [0.2, 0.25) is 0 Å². The van der Waals surface area contributed by atoms with Gasteiger partial charge in [-0.3, -0.25) is 29.2 Å². The van der Waals surface area contributed by atoms with Gasteiger partial charge in [0.15, 0.2) is 11.6 Å². The third-order valence-corrected chi connectivity index (χ3v) is 17.9. The molecule has 372 valence electrons. The van der Waals surface area contributed by atoms with Crippen LogP contribution in [0, 0.1) is 0 Å². The molecule has 0 radical (unpaired) electrons. The minimum Gasteiger partial charge on any atom is -0.383 e. The molecule has 2 aromatic carbocycles. The topological polar surface area (TPSA) is 132 Å². The highest BCUT2D eigenvalue weighted by Gasteiger charge is 2.46. The zero-order valence-electron chi connectivity index (χ0n) is 41.0. The van der Waals surface area contributed by atoms with Crippen LogP contribution in [-0.2, 0) is 18.9 Å². The van der Waals surface area contributed by atoms with E-state index in [1.165, 1.54) is 77.0 Å². The number of benzene rings is 2. The molecule has 5 aliphatic carbocycles. The molecule has 0 amide bonds. The Morgan fingerprint density at radius 1 is 0.353 bits per heavy atom. The quantitative estimate of drug-likeness (QED) is 0.110. The Hall–Kier alpha value is -3.34. The zero-order chi connectivity index (χ0) is 46.0. The molecule has 0 unspecified atom stereocenters. The molecule has 4 spiro atoms. The molecule has 0 bridgehead atoms. The fourth-order valence-electron chi connectivity index (χ4n) is 14.4. The van der Waals surface area contributed by atoms with Gasteiger partial charge >= 0.3 is 0 Å². The number of hydrogen-bond acceptors (Lipinski definition) is 14. The van der Waals surface area contributed by atoms with Crippen molar-refractivity contribution in [2.75, 3.05) is 126 Å². The Bertz CT molecular complexity index is 1820. The fraction of sp³-hybridized carbons (Fsp3) is 0.741.